The van der Waals surface area contributed by atoms with Crippen LogP contribution in [-0.2, 0) is 22.6 Å². The Labute approximate surface area is 154 Å². The molecule has 142 valence electrons. The lowest BCUT2D eigenvalue weighted by atomic mass is 10.1. The van der Waals surface area contributed by atoms with Crippen molar-refractivity contribution in [2.45, 2.75) is 45.4 Å². The predicted molar refractivity (Wildman–Crippen MR) is 97.5 cm³/mol. The Bertz CT molecular complexity index is 723. The van der Waals surface area contributed by atoms with E-state index >= 15 is 0 Å². The molecule has 2 aromatic rings. The third kappa shape index (κ3) is 4.50. The molecule has 0 aliphatic carbocycles. The van der Waals surface area contributed by atoms with Gasteiger partial charge >= 0.3 is 0 Å². The molecule has 8 heteroatoms. The van der Waals surface area contributed by atoms with Crippen molar-refractivity contribution in [3.8, 4) is 0 Å². The molecule has 0 radical (unpaired) electrons. The van der Waals surface area contributed by atoms with Gasteiger partial charge in [0.15, 0.2) is 0 Å². The maximum atomic E-state index is 11.6. The van der Waals surface area contributed by atoms with Crippen LogP contribution in [0.15, 0.2) is 24.7 Å². The smallest absolute Gasteiger partial charge is 0.245 e. The Morgan fingerprint density at radius 2 is 2.27 bits per heavy atom. The van der Waals surface area contributed by atoms with Gasteiger partial charge in [-0.25, -0.2) is 0 Å². The molecular weight excluding hydrogens is 332 g/mol. The SMILES string of the molecule is COCC(=O)NCCC1CN(Cc2cnn(C(C)C)c2)Cc2ccnn21. The normalized spacial score (nSPS) is 17.5. The first-order chi connectivity index (χ1) is 12.6. The van der Waals surface area contributed by atoms with Crippen molar-refractivity contribution in [3.05, 3.63) is 35.9 Å². The summed E-state index contributed by atoms with van der Waals surface area (Å²) in [7, 11) is 1.52. The summed E-state index contributed by atoms with van der Waals surface area (Å²) >= 11 is 0. The average Bonchev–Trinajstić information content (AvgIpc) is 3.24. The van der Waals surface area contributed by atoms with Crippen LogP contribution in [-0.4, -0.2) is 57.2 Å². The number of rotatable bonds is 8. The van der Waals surface area contributed by atoms with Crippen molar-refractivity contribution in [2.75, 3.05) is 26.8 Å². The van der Waals surface area contributed by atoms with Crippen LogP contribution in [0.5, 0.6) is 0 Å². The second-order valence-electron chi connectivity index (χ2n) is 7.08. The van der Waals surface area contributed by atoms with E-state index in [1.165, 1.54) is 18.4 Å². The van der Waals surface area contributed by atoms with Crippen molar-refractivity contribution < 1.29 is 9.53 Å². The van der Waals surface area contributed by atoms with Gasteiger partial charge in [0, 0.05) is 57.3 Å². The highest BCUT2D eigenvalue weighted by molar-refractivity contribution is 5.77. The zero-order valence-electron chi connectivity index (χ0n) is 15.8. The molecular formula is C18H28N6O2. The fourth-order valence-corrected chi connectivity index (χ4v) is 3.36. The number of nitrogens with zero attached hydrogens (tertiary/aromatic N) is 5. The maximum Gasteiger partial charge on any atom is 0.245 e. The minimum absolute atomic E-state index is 0.0815. The molecule has 0 saturated heterocycles. The van der Waals surface area contributed by atoms with Crippen LogP contribution >= 0.6 is 0 Å². The number of fused-ring (bicyclic) bond motifs is 1. The van der Waals surface area contributed by atoms with E-state index in [1.54, 1.807) is 0 Å². The van der Waals surface area contributed by atoms with Crippen LogP contribution in [0.1, 0.15) is 43.6 Å². The molecule has 0 bridgehead atoms. The molecule has 0 spiro atoms. The molecule has 1 atom stereocenters. The van der Waals surface area contributed by atoms with E-state index < -0.39 is 0 Å². The van der Waals surface area contributed by atoms with Crippen LogP contribution in [0.3, 0.4) is 0 Å². The maximum absolute atomic E-state index is 11.6. The van der Waals surface area contributed by atoms with E-state index in [9.17, 15) is 4.79 Å². The number of methoxy groups -OCH3 is 1. The van der Waals surface area contributed by atoms with Crippen LogP contribution < -0.4 is 5.32 Å². The summed E-state index contributed by atoms with van der Waals surface area (Å²) in [4.78, 5) is 14.0. The minimum atomic E-state index is -0.0815. The Hall–Kier alpha value is -2.19. The van der Waals surface area contributed by atoms with Gasteiger partial charge < -0.3 is 10.1 Å². The number of carbonyl (C=O) groups excluding carboxylic acids is 1. The van der Waals surface area contributed by atoms with E-state index in [-0.39, 0.29) is 18.6 Å². The zero-order chi connectivity index (χ0) is 18.5. The first-order valence-electron chi connectivity index (χ1n) is 9.10. The molecule has 0 saturated carbocycles. The van der Waals surface area contributed by atoms with E-state index in [1.807, 2.05) is 17.1 Å². The Balaban J connectivity index is 1.60. The van der Waals surface area contributed by atoms with Gasteiger partial charge in [0.05, 0.1) is 17.9 Å². The standard InChI is InChI=1S/C18H28N6O2/c1-14(2)23-10-15(8-21-23)9-22-11-16(4-6-19-18(25)13-26-3)24-17(12-22)5-7-20-24/h5,7-8,10,14,16H,4,6,9,11-13H2,1-3H3,(H,19,25). The van der Waals surface area contributed by atoms with E-state index in [4.69, 9.17) is 4.74 Å². The van der Waals surface area contributed by atoms with Gasteiger partial charge in [0.2, 0.25) is 5.91 Å². The highest BCUT2D eigenvalue weighted by Gasteiger charge is 2.25. The summed E-state index contributed by atoms with van der Waals surface area (Å²) in [6.07, 6.45) is 6.76. The van der Waals surface area contributed by atoms with Crippen molar-refractivity contribution in [1.29, 1.82) is 0 Å². The van der Waals surface area contributed by atoms with Crippen LogP contribution in [0, 0.1) is 0 Å². The molecule has 1 aliphatic rings. The fourth-order valence-electron chi connectivity index (χ4n) is 3.36. The third-order valence-electron chi connectivity index (χ3n) is 4.62. The second kappa shape index (κ2) is 8.46. The molecule has 26 heavy (non-hydrogen) atoms. The highest BCUT2D eigenvalue weighted by atomic mass is 16.5. The molecule has 1 aliphatic heterocycles. The van der Waals surface area contributed by atoms with Crippen molar-refractivity contribution >= 4 is 5.91 Å². The van der Waals surface area contributed by atoms with Crippen LogP contribution in [0.25, 0.3) is 0 Å². The lowest BCUT2D eigenvalue weighted by Crippen LogP contribution is -2.39. The molecule has 8 nitrogen and oxygen atoms in total. The number of hydrogen-bond donors (Lipinski definition) is 1. The van der Waals surface area contributed by atoms with Gasteiger partial charge in [-0.1, -0.05) is 0 Å². The van der Waals surface area contributed by atoms with Gasteiger partial charge in [-0.15, -0.1) is 0 Å². The summed E-state index contributed by atoms with van der Waals surface area (Å²) in [6.45, 7) is 7.62. The van der Waals surface area contributed by atoms with Gasteiger partial charge in [-0.2, -0.15) is 10.2 Å². The topological polar surface area (TPSA) is 77.2 Å². The molecule has 3 heterocycles. The number of nitrogens with one attached hydrogen (secondary N) is 1. The van der Waals surface area contributed by atoms with Gasteiger partial charge in [0.1, 0.15) is 6.61 Å². The number of carbonyl (C=O) groups is 1. The summed E-state index contributed by atoms with van der Waals surface area (Å²) in [5.41, 5.74) is 2.43. The lowest BCUT2D eigenvalue weighted by Gasteiger charge is -2.33. The Morgan fingerprint density at radius 1 is 1.42 bits per heavy atom. The van der Waals surface area contributed by atoms with Crippen molar-refractivity contribution in [3.63, 3.8) is 0 Å². The summed E-state index contributed by atoms with van der Waals surface area (Å²) in [5.74, 6) is -0.0815. The summed E-state index contributed by atoms with van der Waals surface area (Å²) < 4.78 is 8.93. The van der Waals surface area contributed by atoms with Crippen molar-refractivity contribution in [2.24, 2.45) is 0 Å². The van der Waals surface area contributed by atoms with Gasteiger partial charge in [0.25, 0.3) is 0 Å². The molecule has 0 fully saturated rings. The molecule has 3 rings (SSSR count). The number of ether oxygens (including phenoxy) is 1. The first-order valence-corrected chi connectivity index (χ1v) is 9.10. The largest absolute Gasteiger partial charge is 0.375 e. The fraction of sp³-hybridized carbons (Fsp3) is 0.611. The van der Waals surface area contributed by atoms with Crippen molar-refractivity contribution in [1.82, 2.24) is 29.8 Å². The summed E-state index contributed by atoms with van der Waals surface area (Å²) in [6, 6.07) is 2.69. The molecule has 0 aromatic carbocycles. The zero-order valence-corrected chi connectivity index (χ0v) is 15.8. The number of amides is 1. The monoisotopic (exact) mass is 360 g/mol. The molecule has 1 unspecified atom stereocenters. The average molecular weight is 360 g/mol. The summed E-state index contributed by atoms with van der Waals surface area (Å²) in [5, 5.41) is 11.8. The van der Waals surface area contributed by atoms with E-state index in [2.05, 4.69) is 51.2 Å². The van der Waals surface area contributed by atoms with Gasteiger partial charge in [-0.3, -0.25) is 19.1 Å². The van der Waals surface area contributed by atoms with Gasteiger partial charge in [-0.05, 0) is 26.3 Å². The number of aromatic nitrogens is 4. The van der Waals surface area contributed by atoms with Crippen LogP contribution in [0.4, 0.5) is 0 Å². The predicted octanol–water partition coefficient (Wildman–Crippen LogP) is 1.37. The second-order valence-corrected chi connectivity index (χ2v) is 7.08. The third-order valence-corrected chi connectivity index (χ3v) is 4.62. The molecule has 2 aromatic heterocycles. The lowest BCUT2D eigenvalue weighted by molar-refractivity contribution is -0.124. The number of hydrogen-bond acceptors (Lipinski definition) is 5. The van der Waals surface area contributed by atoms with E-state index in [0.29, 0.717) is 12.6 Å². The molecule has 1 N–H and O–H groups in total. The molecule has 1 amide bonds. The van der Waals surface area contributed by atoms with Crippen LogP contribution in [0.2, 0.25) is 0 Å². The first kappa shape index (κ1) is 18.6. The van der Waals surface area contributed by atoms with E-state index in [0.717, 1.165) is 26.1 Å². The Morgan fingerprint density at radius 3 is 3.00 bits per heavy atom. The minimum Gasteiger partial charge on any atom is -0.375 e. The quantitative estimate of drug-likeness (QED) is 0.769. The Kier molecular flexibility index (Phi) is 6.05. The highest BCUT2D eigenvalue weighted by Crippen LogP contribution is 2.24.